The van der Waals surface area contributed by atoms with Gasteiger partial charge in [-0.05, 0) is 29.2 Å². The van der Waals surface area contributed by atoms with Crippen LogP contribution in [0.25, 0.3) is 10.8 Å². The normalized spacial score (nSPS) is 16.3. The van der Waals surface area contributed by atoms with Gasteiger partial charge in [-0.3, -0.25) is 0 Å². The number of benzene rings is 2. The molecule has 0 amide bonds. The highest BCUT2D eigenvalue weighted by Crippen LogP contribution is 2.40. The van der Waals surface area contributed by atoms with Crippen molar-refractivity contribution in [3.05, 3.63) is 42.0 Å². The molecule has 1 saturated carbocycles. The monoisotopic (exact) mass is 263 g/mol. The first-order valence-electron chi connectivity index (χ1n) is 6.22. The lowest BCUT2D eigenvalue weighted by Gasteiger charge is -2.16. The summed E-state index contributed by atoms with van der Waals surface area (Å²) in [5, 5.41) is 12.3. The molecule has 1 fully saturated rings. The lowest BCUT2D eigenvalue weighted by molar-refractivity contribution is 0.457. The number of halogens is 1. The second-order valence-electron chi connectivity index (χ2n) is 5.01. The molecule has 3 rings (SSSR count). The van der Waals surface area contributed by atoms with Crippen molar-refractivity contribution in [2.75, 3.05) is 0 Å². The first kappa shape index (κ1) is 13.2. The van der Waals surface area contributed by atoms with Crippen LogP contribution < -0.4 is 5.73 Å². The molecule has 0 bridgehead atoms. The zero-order chi connectivity index (χ0) is 11.8. The highest BCUT2D eigenvalue weighted by molar-refractivity contribution is 5.88. The van der Waals surface area contributed by atoms with Crippen molar-refractivity contribution in [1.29, 1.82) is 0 Å². The van der Waals surface area contributed by atoms with Crippen molar-refractivity contribution in [2.45, 2.75) is 25.3 Å². The molecule has 0 aromatic heterocycles. The highest BCUT2D eigenvalue weighted by Gasteiger charge is 2.26. The van der Waals surface area contributed by atoms with Crippen LogP contribution >= 0.6 is 12.4 Å². The Bertz CT molecular complexity index is 551. The number of phenolic OH excluding ortho intramolecular Hbond substituents is 1. The average Bonchev–Trinajstić information content (AvgIpc) is 3.12. The Kier molecular flexibility index (Phi) is 3.79. The second-order valence-corrected chi connectivity index (χ2v) is 5.01. The molecule has 1 atom stereocenters. The highest BCUT2D eigenvalue weighted by atomic mass is 35.5. The van der Waals surface area contributed by atoms with Crippen LogP contribution in [0.2, 0.25) is 0 Å². The summed E-state index contributed by atoms with van der Waals surface area (Å²) in [6, 6.07) is 11.8. The Morgan fingerprint density at radius 1 is 1.17 bits per heavy atom. The fourth-order valence-corrected chi connectivity index (χ4v) is 2.50. The summed E-state index contributed by atoms with van der Waals surface area (Å²) < 4.78 is 0. The Hall–Kier alpha value is -1.25. The molecule has 18 heavy (non-hydrogen) atoms. The molecule has 0 saturated heterocycles. The molecule has 1 aliphatic carbocycles. The van der Waals surface area contributed by atoms with Crippen LogP contribution in [0.1, 0.15) is 30.9 Å². The van der Waals surface area contributed by atoms with Crippen molar-refractivity contribution < 1.29 is 5.11 Å². The van der Waals surface area contributed by atoms with E-state index >= 15 is 0 Å². The van der Waals surface area contributed by atoms with Gasteiger partial charge in [-0.1, -0.05) is 43.2 Å². The van der Waals surface area contributed by atoms with Gasteiger partial charge in [0.05, 0.1) is 0 Å². The smallest absolute Gasteiger partial charge is 0.120 e. The standard InChI is InChI=1S/C15H17NO.ClH/c16-13(9-10-5-6-10)15-12-4-2-1-3-11(12)7-8-14(15)17;/h1-4,7-8,10,13,17H,5-6,9,16H2;1H/t13-;/m1./s1. The van der Waals surface area contributed by atoms with Crippen LogP contribution in [0.3, 0.4) is 0 Å². The van der Waals surface area contributed by atoms with E-state index in [9.17, 15) is 5.11 Å². The van der Waals surface area contributed by atoms with Gasteiger partial charge in [0.25, 0.3) is 0 Å². The molecule has 0 heterocycles. The zero-order valence-corrected chi connectivity index (χ0v) is 11.0. The number of nitrogens with two attached hydrogens (primary N) is 1. The van der Waals surface area contributed by atoms with Crippen LogP contribution in [0.4, 0.5) is 0 Å². The molecule has 0 spiro atoms. The third-order valence-electron chi connectivity index (χ3n) is 3.60. The Morgan fingerprint density at radius 3 is 2.61 bits per heavy atom. The molecule has 3 N–H and O–H groups in total. The maximum atomic E-state index is 10.0. The van der Waals surface area contributed by atoms with Crippen molar-refractivity contribution in [2.24, 2.45) is 11.7 Å². The van der Waals surface area contributed by atoms with Gasteiger partial charge in [0.2, 0.25) is 0 Å². The van der Waals surface area contributed by atoms with Gasteiger partial charge in [0, 0.05) is 11.6 Å². The first-order chi connectivity index (χ1) is 8.25. The van der Waals surface area contributed by atoms with Crippen molar-refractivity contribution in [1.82, 2.24) is 0 Å². The number of aromatic hydroxyl groups is 1. The minimum Gasteiger partial charge on any atom is -0.508 e. The van der Waals surface area contributed by atoms with Gasteiger partial charge in [-0.2, -0.15) is 0 Å². The Labute approximate surface area is 113 Å². The van der Waals surface area contributed by atoms with E-state index in [0.717, 1.165) is 28.7 Å². The maximum absolute atomic E-state index is 10.0. The van der Waals surface area contributed by atoms with Crippen LogP contribution in [-0.4, -0.2) is 5.11 Å². The number of hydrogen-bond acceptors (Lipinski definition) is 2. The molecule has 2 nitrogen and oxygen atoms in total. The van der Waals surface area contributed by atoms with E-state index in [1.54, 1.807) is 6.07 Å². The van der Waals surface area contributed by atoms with E-state index in [1.165, 1.54) is 12.8 Å². The van der Waals surface area contributed by atoms with Crippen LogP contribution in [-0.2, 0) is 0 Å². The van der Waals surface area contributed by atoms with Crippen molar-refractivity contribution >= 4 is 23.2 Å². The molecule has 1 aliphatic rings. The van der Waals surface area contributed by atoms with Gasteiger partial charge in [0.1, 0.15) is 5.75 Å². The lowest BCUT2D eigenvalue weighted by Crippen LogP contribution is -2.11. The van der Waals surface area contributed by atoms with E-state index in [0.29, 0.717) is 5.75 Å². The molecule has 0 aliphatic heterocycles. The predicted molar refractivity (Wildman–Crippen MR) is 77.1 cm³/mol. The molecular weight excluding hydrogens is 246 g/mol. The van der Waals surface area contributed by atoms with Crippen LogP contribution in [0.5, 0.6) is 5.75 Å². The topological polar surface area (TPSA) is 46.2 Å². The predicted octanol–water partition coefficient (Wildman–Crippen LogP) is 3.77. The molecule has 96 valence electrons. The van der Waals surface area contributed by atoms with Crippen molar-refractivity contribution in [3.63, 3.8) is 0 Å². The van der Waals surface area contributed by atoms with Crippen LogP contribution in [0.15, 0.2) is 36.4 Å². The molecule has 2 aromatic carbocycles. The Balaban J connectivity index is 0.00000120. The minimum atomic E-state index is -0.0476. The molecular formula is C15H18ClNO. The van der Waals surface area contributed by atoms with E-state index in [2.05, 4.69) is 6.07 Å². The fraction of sp³-hybridized carbons (Fsp3) is 0.333. The summed E-state index contributed by atoms with van der Waals surface area (Å²) in [4.78, 5) is 0. The van der Waals surface area contributed by atoms with E-state index < -0.39 is 0 Å². The van der Waals surface area contributed by atoms with E-state index in [4.69, 9.17) is 5.73 Å². The minimum absolute atomic E-state index is 0. The van der Waals surface area contributed by atoms with Crippen LogP contribution in [0, 0.1) is 5.92 Å². The van der Waals surface area contributed by atoms with Crippen molar-refractivity contribution in [3.8, 4) is 5.75 Å². The van der Waals surface area contributed by atoms with Gasteiger partial charge >= 0.3 is 0 Å². The van der Waals surface area contributed by atoms with E-state index in [-0.39, 0.29) is 18.4 Å². The average molecular weight is 264 g/mol. The summed E-state index contributed by atoms with van der Waals surface area (Å²) >= 11 is 0. The Morgan fingerprint density at radius 2 is 1.89 bits per heavy atom. The summed E-state index contributed by atoms with van der Waals surface area (Å²) in [5.74, 6) is 1.10. The second kappa shape index (κ2) is 5.17. The summed E-state index contributed by atoms with van der Waals surface area (Å²) in [7, 11) is 0. The van der Waals surface area contributed by atoms with Gasteiger partial charge < -0.3 is 10.8 Å². The third kappa shape index (κ3) is 2.45. The zero-order valence-electron chi connectivity index (χ0n) is 10.2. The molecule has 3 heteroatoms. The third-order valence-corrected chi connectivity index (χ3v) is 3.60. The summed E-state index contributed by atoms with van der Waals surface area (Å²) in [5.41, 5.74) is 7.15. The molecule has 0 unspecified atom stereocenters. The molecule has 0 radical (unpaired) electrons. The fourth-order valence-electron chi connectivity index (χ4n) is 2.50. The number of hydrogen-bond donors (Lipinski definition) is 2. The summed E-state index contributed by atoms with van der Waals surface area (Å²) in [6.07, 6.45) is 3.57. The van der Waals surface area contributed by atoms with Gasteiger partial charge in [-0.15, -0.1) is 12.4 Å². The SMILES string of the molecule is Cl.N[C@H](CC1CC1)c1c(O)ccc2ccccc12. The van der Waals surface area contributed by atoms with Gasteiger partial charge in [-0.25, -0.2) is 0 Å². The summed E-state index contributed by atoms with van der Waals surface area (Å²) in [6.45, 7) is 0. The number of fused-ring (bicyclic) bond motifs is 1. The largest absolute Gasteiger partial charge is 0.508 e. The first-order valence-corrected chi connectivity index (χ1v) is 6.22. The number of rotatable bonds is 3. The quantitative estimate of drug-likeness (QED) is 0.886. The molecule has 2 aromatic rings. The lowest BCUT2D eigenvalue weighted by atomic mass is 9.95. The van der Waals surface area contributed by atoms with E-state index in [1.807, 2.05) is 24.3 Å². The number of phenols is 1. The van der Waals surface area contributed by atoms with Gasteiger partial charge in [0.15, 0.2) is 0 Å². The maximum Gasteiger partial charge on any atom is 0.120 e.